The van der Waals surface area contributed by atoms with Crippen molar-refractivity contribution in [3.8, 4) is 0 Å². The lowest BCUT2D eigenvalue weighted by Gasteiger charge is -2.16. The first-order chi connectivity index (χ1) is 5.20. The molecular formula is C11H24. The quantitative estimate of drug-likeness (QED) is 0.539. The van der Waals surface area contributed by atoms with E-state index < -0.39 is 0 Å². The monoisotopic (exact) mass is 156 g/mol. The van der Waals surface area contributed by atoms with Crippen LogP contribution in [0.1, 0.15) is 59.8 Å². The lowest BCUT2D eigenvalue weighted by atomic mass is 9.90. The number of rotatable bonds is 6. The highest BCUT2D eigenvalue weighted by Gasteiger charge is 2.07. The van der Waals surface area contributed by atoms with Crippen molar-refractivity contribution in [3.05, 3.63) is 0 Å². The van der Waals surface area contributed by atoms with Crippen LogP contribution < -0.4 is 0 Å². The van der Waals surface area contributed by atoms with Gasteiger partial charge in [-0.25, -0.2) is 0 Å². The van der Waals surface area contributed by atoms with Gasteiger partial charge < -0.3 is 0 Å². The zero-order chi connectivity index (χ0) is 8.69. The maximum Gasteiger partial charge on any atom is -0.0412 e. The van der Waals surface area contributed by atoms with Crippen LogP contribution in [0.15, 0.2) is 0 Å². The summed E-state index contributed by atoms with van der Waals surface area (Å²) in [5.41, 5.74) is 0. The predicted octanol–water partition coefficient (Wildman–Crippen LogP) is 4.25. The largest absolute Gasteiger partial charge is 0.0654 e. The minimum absolute atomic E-state index is 0.887. The number of hydrogen-bond donors (Lipinski definition) is 0. The van der Waals surface area contributed by atoms with Crippen molar-refractivity contribution < 1.29 is 0 Å². The smallest absolute Gasteiger partial charge is 0.0412 e. The van der Waals surface area contributed by atoms with Crippen molar-refractivity contribution >= 4 is 0 Å². The molecule has 0 bridgehead atoms. The second kappa shape index (κ2) is 6.69. The molecule has 0 aromatic carbocycles. The van der Waals surface area contributed by atoms with Crippen LogP contribution in [0.5, 0.6) is 0 Å². The van der Waals surface area contributed by atoms with Crippen molar-refractivity contribution in [2.75, 3.05) is 0 Å². The molecule has 0 saturated heterocycles. The standard InChI is InChI=1S/C11H24/c1-5-7-11(8-6-2)9-10(3)4/h10-11H,5-9H2,1-4H3. The normalized spacial score (nSPS) is 11.5. The van der Waals surface area contributed by atoms with Gasteiger partial charge in [0.1, 0.15) is 0 Å². The summed E-state index contributed by atoms with van der Waals surface area (Å²) in [5.74, 6) is 1.89. The highest BCUT2D eigenvalue weighted by atomic mass is 14.1. The molecule has 0 aromatic heterocycles. The van der Waals surface area contributed by atoms with E-state index >= 15 is 0 Å². The van der Waals surface area contributed by atoms with Gasteiger partial charge in [0.2, 0.25) is 0 Å². The van der Waals surface area contributed by atoms with Crippen LogP contribution in [0.2, 0.25) is 0 Å². The van der Waals surface area contributed by atoms with Crippen LogP contribution in [0.25, 0.3) is 0 Å². The molecule has 11 heavy (non-hydrogen) atoms. The van der Waals surface area contributed by atoms with Gasteiger partial charge in [-0.3, -0.25) is 0 Å². The molecule has 0 rings (SSSR count). The van der Waals surface area contributed by atoms with Crippen molar-refractivity contribution in [1.29, 1.82) is 0 Å². The van der Waals surface area contributed by atoms with E-state index in [1.807, 2.05) is 0 Å². The van der Waals surface area contributed by atoms with Crippen LogP contribution in [-0.2, 0) is 0 Å². The first-order valence-electron chi connectivity index (χ1n) is 5.20. The van der Waals surface area contributed by atoms with Crippen LogP contribution >= 0.6 is 0 Å². The molecule has 0 aliphatic rings. The SMILES string of the molecule is CCCC(CCC)CC(C)C. The van der Waals surface area contributed by atoms with Gasteiger partial charge in [0.05, 0.1) is 0 Å². The van der Waals surface area contributed by atoms with Gasteiger partial charge in [0.25, 0.3) is 0 Å². The van der Waals surface area contributed by atoms with E-state index in [1.54, 1.807) is 0 Å². The molecule has 0 aliphatic heterocycles. The van der Waals surface area contributed by atoms with Gasteiger partial charge >= 0.3 is 0 Å². The third kappa shape index (κ3) is 6.40. The Morgan fingerprint density at radius 2 is 1.36 bits per heavy atom. The lowest BCUT2D eigenvalue weighted by molar-refractivity contribution is 0.358. The molecule has 0 aliphatic carbocycles. The Bertz CT molecular complexity index is 68.1. The molecule has 0 nitrogen and oxygen atoms in total. The topological polar surface area (TPSA) is 0 Å². The highest BCUT2D eigenvalue weighted by Crippen LogP contribution is 2.21. The molecule has 0 N–H and O–H groups in total. The summed E-state index contributed by atoms with van der Waals surface area (Å²) in [5, 5.41) is 0. The minimum Gasteiger partial charge on any atom is -0.0654 e. The van der Waals surface area contributed by atoms with Crippen LogP contribution in [0.3, 0.4) is 0 Å². The summed E-state index contributed by atoms with van der Waals surface area (Å²) in [6, 6.07) is 0. The van der Waals surface area contributed by atoms with Crippen LogP contribution in [0.4, 0.5) is 0 Å². The predicted molar refractivity (Wildman–Crippen MR) is 52.8 cm³/mol. The molecule has 68 valence electrons. The number of hydrogen-bond acceptors (Lipinski definition) is 0. The maximum atomic E-state index is 2.33. The molecule has 0 heteroatoms. The van der Waals surface area contributed by atoms with Crippen molar-refractivity contribution in [1.82, 2.24) is 0 Å². The Labute approximate surface area is 72.4 Å². The highest BCUT2D eigenvalue weighted by molar-refractivity contribution is 4.60. The van der Waals surface area contributed by atoms with Crippen molar-refractivity contribution in [3.63, 3.8) is 0 Å². The summed E-state index contributed by atoms with van der Waals surface area (Å²) in [4.78, 5) is 0. The second-order valence-electron chi connectivity index (χ2n) is 4.07. The van der Waals surface area contributed by atoms with Gasteiger partial charge in [-0.05, 0) is 18.3 Å². The molecule has 0 aromatic rings. The fourth-order valence-corrected chi connectivity index (χ4v) is 1.86. The Hall–Kier alpha value is 0. The Balaban J connectivity index is 3.50. The summed E-state index contributed by atoms with van der Waals surface area (Å²) in [6.07, 6.45) is 7.02. The fraction of sp³-hybridized carbons (Fsp3) is 1.00. The van der Waals surface area contributed by atoms with E-state index in [4.69, 9.17) is 0 Å². The summed E-state index contributed by atoms with van der Waals surface area (Å²) < 4.78 is 0. The van der Waals surface area contributed by atoms with Crippen molar-refractivity contribution in [2.45, 2.75) is 59.8 Å². The molecule has 0 fully saturated rings. The third-order valence-electron chi connectivity index (χ3n) is 2.20. The van der Waals surface area contributed by atoms with E-state index in [0.717, 1.165) is 11.8 Å². The van der Waals surface area contributed by atoms with Gasteiger partial charge in [0.15, 0.2) is 0 Å². The Kier molecular flexibility index (Phi) is 6.69. The Morgan fingerprint density at radius 3 is 1.64 bits per heavy atom. The van der Waals surface area contributed by atoms with E-state index in [-0.39, 0.29) is 0 Å². The summed E-state index contributed by atoms with van der Waals surface area (Å²) >= 11 is 0. The average Bonchev–Trinajstić information content (AvgIpc) is 1.87. The minimum atomic E-state index is 0.887. The molecule has 0 unspecified atom stereocenters. The summed E-state index contributed by atoms with van der Waals surface area (Å²) in [6.45, 7) is 9.25. The molecule has 0 amide bonds. The zero-order valence-corrected chi connectivity index (χ0v) is 8.69. The first-order valence-corrected chi connectivity index (χ1v) is 5.20. The first kappa shape index (κ1) is 11.0. The van der Waals surface area contributed by atoms with E-state index in [1.165, 1.54) is 32.1 Å². The van der Waals surface area contributed by atoms with E-state index in [0.29, 0.717) is 0 Å². The van der Waals surface area contributed by atoms with Gasteiger partial charge in [-0.1, -0.05) is 53.4 Å². The molecule has 0 heterocycles. The van der Waals surface area contributed by atoms with Crippen LogP contribution in [-0.4, -0.2) is 0 Å². The lowest BCUT2D eigenvalue weighted by Crippen LogP contribution is -2.03. The van der Waals surface area contributed by atoms with E-state index in [2.05, 4.69) is 27.7 Å². The molecule has 0 saturated carbocycles. The van der Waals surface area contributed by atoms with Crippen LogP contribution in [0, 0.1) is 11.8 Å². The van der Waals surface area contributed by atoms with Gasteiger partial charge in [0, 0.05) is 0 Å². The zero-order valence-electron chi connectivity index (χ0n) is 8.69. The van der Waals surface area contributed by atoms with Gasteiger partial charge in [-0.2, -0.15) is 0 Å². The van der Waals surface area contributed by atoms with Gasteiger partial charge in [-0.15, -0.1) is 0 Å². The maximum absolute atomic E-state index is 2.33. The third-order valence-corrected chi connectivity index (χ3v) is 2.20. The average molecular weight is 156 g/mol. The molecular weight excluding hydrogens is 132 g/mol. The molecule has 0 radical (unpaired) electrons. The van der Waals surface area contributed by atoms with E-state index in [9.17, 15) is 0 Å². The van der Waals surface area contributed by atoms with Crippen molar-refractivity contribution in [2.24, 2.45) is 11.8 Å². The molecule has 0 atom stereocenters. The summed E-state index contributed by atoms with van der Waals surface area (Å²) in [7, 11) is 0. The Morgan fingerprint density at radius 1 is 0.909 bits per heavy atom. The fourth-order valence-electron chi connectivity index (χ4n) is 1.86. The molecule has 0 spiro atoms. The second-order valence-corrected chi connectivity index (χ2v) is 4.07.